The number of anilines is 2. The van der Waals surface area contributed by atoms with Gasteiger partial charge in [0.25, 0.3) is 0 Å². The van der Waals surface area contributed by atoms with Gasteiger partial charge in [0.05, 0.1) is 24.7 Å². The molecule has 156 valence electrons. The maximum absolute atomic E-state index is 12.4. The van der Waals surface area contributed by atoms with Crippen LogP contribution in [0.3, 0.4) is 0 Å². The molecule has 0 spiro atoms. The molecule has 1 aromatic heterocycles. The maximum atomic E-state index is 12.4. The molecule has 0 aliphatic carbocycles. The number of carbonyl (C=O) groups excluding carboxylic acids is 1. The number of aromatic nitrogens is 4. The van der Waals surface area contributed by atoms with E-state index >= 15 is 0 Å². The van der Waals surface area contributed by atoms with E-state index in [0.717, 1.165) is 48.9 Å². The van der Waals surface area contributed by atoms with E-state index in [1.807, 2.05) is 49.4 Å². The molecule has 4 rings (SSSR count). The lowest BCUT2D eigenvalue weighted by Gasteiger charge is -2.28. The molecule has 30 heavy (non-hydrogen) atoms. The van der Waals surface area contributed by atoms with Crippen LogP contribution in [0, 0.1) is 13.8 Å². The number of morpholine rings is 1. The first-order valence-corrected chi connectivity index (χ1v) is 10.8. The van der Waals surface area contributed by atoms with Crippen LogP contribution in [0.15, 0.2) is 47.6 Å². The molecule has 1 fully saturated rings. The Balaban J connectivity index is 1.34. The number of tetrazole rings is 1. The molecule has 1 amide bonds. The Bertz CT molecular complexity index is 1010. The topological polar surface area (TPSA) is 85.2 Å². The van der Waals surface area contributed by atoms with E-state index in [1.165, 1.54) is 17.3 Å². The highest BCUT2D eigenvalue weighted by Crippen LogP contribution is 2.22. The van der Waals surface area contributed by atoms with Crippen molar-refractivity contribution in [2.75, 3.05) is 42.3 Å². The second kappa shape index (κ2) is 9.27. The molecule has 2 aromatic carbocycles. The summed E-state index contributed by atoms with van der Waals surface area (Å²) in [6.45, 7) is 7.38. The molecule has 0 bridgehead atoms. The molecule has 8 nitrogen and oxygen atoms in total. The van der Waals surface area contributed by atoms with Gasteiger partial charge in [-0.25, -0.2) is 0 Å². The Morgan fingerprint density at radius 2 is 1.80 bits per heavy atom. The van der Waals surface area contributed by atoms with Crippen LogP contribution in [0.2, 0.25) is 0 Å². The zero-order valence-electron chi connectivity index (χ0n) is 17.0. The number of thioether (sulfide) groups is 1. The standard InChI is InChI=1S/C21H24N6O2S/c1-15-3-6-19(13-16(15)2)27-21(23-24-25-27)30-14-20(28)22-17-4-7-18(8-5-17)26-9-11-29-12-10-26/h3-8,13H,9-12,14H2,1-2H3,(H,22,28). The van der Waals surface area contributed by atoms with Crippen molar-refractivity contribution in [2.45, 2.75) is 19.0 Å². The van der Waals surface area contributed by atoms with Gasteiger partial charge in [-0.1, -0.05) is 17.8 Å². The highest BCUT2D eigenvalue weighted by atomic mass is 32.2. The second-order valence-electron chi connectivity index (χ2n) is 7.12. The number of ether oxygens (including phenoxy) is 1. The summed E-state index contributed by atoms with van der Waals surface area (Å²) >= 11 is 1.30. The Morgan fingerprint density at radius 3 is 2.53 bits per heavy atom. The normalized spacial score (nSPS) is 14.0. The Hall–Kier alpha value is -2.91. The predicted molar refractivity (Wildman–Crippen MR) is 117 cm³/mol. The Labute approximate surface area is 179 Å². The van der Waals surface area contributed by atoms with Crippen LogP contribution < -0.4 is 10.2 Å². The van der Waals surface area contributed by atoms with Gasteiger partial charge in [0.15, 0.2) is 0 Å². The van der Waals surface area contributed by atoms with Crippen molar-refractivity contribution in [1.29, 1.82) is 0 Å². The van der Waals surface area contributed by atoms with Crippen molar-refractivity contribution in [1.82, 2.24) is 20.2 Å². The first kappa shape index (κ1) is 20.4. The number of nitrogens with zero attached hydrogens (tertiary/aromatic N) is 5. The highest BCUT2D eigenvalue weighted by Gasteiger charge is 2.13. The van der Waals surface area contributed by atoms with E-state index in [2.05, 4.69) is 32.7 Å². The summed E-state index contributed by atoms with van der Waals surface area (Å²) in [6, 6.07) is 13.9. The summed E-state index contributed by atoms with van der Waals surface area (Å²) in [6.07, 6.45) is 0. The molecule has 1 aliphatic heterocycles. The fourth-order valence-electron chi connectivity index (χ4n) is 3.19. The van der Waals surface area contributed by atoms with Gasteiger partial charge in [-0.05, 0) is 71.8 Å². The fraction of sp³-hybridized carbons (Fsp3) is 0.333. The molecule has 9 heteroatoms. The van der Waals surface area contributed by atoms with Gasteiger partial charge in [0.2, 0.25) is 11.1 Å². The van der Waals surface area contributed by atoms with Crippen LogP contribution in [0.25, 0.3) is 5.69 Å². The van der Waals surface area contributed by atoms with Crippen LogP contribution in [-0.2, 0) is 9.53 Å². The van der Waals surface area contributed by atoms with Crippen molar-refractivity contribution >= 4 is 29.0 Å². The average Bonchev–Trinajstić information content (AvgIpc) is 3.24. The van der Waals surface area contributed by atoms with E-state index in [4.69, 9.17) is 4.74 Å². The minimum Gasteiger partial charge on any atom is -0.378 e. The van der Waals surface area contributed by atoms with Crippen molar-refractivity contribution in [3.05, 3.63) is 53.6 Å². The number of hydrogen-bond donors (Lipinski definition) is 1. The van der Waals surface area contributed by atoms with Gasteiger partial charge in [-0.3, -0.25) is 4.79 Å². The summed E-state index contributed by atoms with van der Waals surface area (Å²) in [5.74, 6) is 0.116. The van der Waals surface area contributed by atoms with Crippen LogP contribution in [0.4, 0.5) is 11.4 Å². The number of carbonyl (C=O) groups is 1. The Morgan fingerprint density at radius 1 is 1.07 bits per heavy atom. The smallest absolute Gasteiger partial charge is 0.234 e. The van der Waals surface area contributed by atoms with Gasteiger partial charge in [-0.15, -0.1) is 5.10 Å². The molecule has 0 atom stereocenters. The highest BCUT2D eigenvalue weighted by molar-refractivity contribution is 7.99. The first-order valence-electron chi connectivity index (χ1n) is 9.81. The maximum Gasteiger partial charge on any atom is 0.234 e. The van der Waals surface area contributed by atoms with E-state index in [0.29, 0.717) is 5.16 Å². The van der Waals surface area contributed by atoms with Gasteiger partial charge in [0, 0.05) is 24.5 Å². The van der Waals surface area contributed by atoms with Crippen molar-refractivity contribution < 1.29 is 9.53 Å². The summed E-state index contributed by atoms with van der Waals surface area (Å²) in [7, 11) is 0. The third-order valence-electron chi connectivity index (χ3n) is 5.04. The van der Waals surface area contributed by atoms with E-state index in [9.17, 15) is 4.79 Å². The van der Waals surface area contributed by atoms with Gasteiger partial charge >= 0.3 is 0 Å². The zero-order valence-corrected chi connectivity index (χ0v) is 17.9. The first-order chi connectivity index (χ1) is 14.6. The third kappa shape index (κ3) is 4.80. The van der Waals surface area contributed by atoms with Crippen LogP contribution in [0.1, 0.15) is 11.1 Å². The SMILES string of the molecule is Cc1ccc(-n2nnnc2SCC(=O)Nc2ccc(N3CCOCC3)cc2)cc1C. The summed E-state index contributed by atoms with van der Waals surface area (Å²) < 4.78 is 7.04. The molecule has 0 unspecified atom stereocenters. The predicted octanol–water partition coefficient (Wildman–Crippen LogP) is 2.85. The number of amides is 1. The van der Waals surface area contributed by atoms with E-state index in [-0.39, 0.29) is 11.7 Å². The average molecular weight is 425 g/mol. The van der Waals surface area contributed by atoms with Crippen molar-refractivity contribution in [3.8, 4) is 5.69 Å². The van der Waals surface area contributed by atoms with Crippen LogP contribution >= 0.6 is 11.8 Å². The molecule has 0 saturated carbocycles. The fourth-order valence-corrected chi connectivity index (χ4v) is 3.88. The summed E-state index contributed by atoms with van der Waals surface area (Å²) in [4.78, 5) is 14.7. The largest absolute Gasteiger partial charge is 0.378 e. The summed E-state index contributed by atoms with van der Waals surface area (Å²) in [5.41, 5.74) is 5.16. The number of nitrogens with one attached hydrogen (secondary N) is 1. The zero-order chi connectivity index (χ0) is 20.9. The monoisotopic (exact) mass is 424 g/mol. The number of aryl methyl sites for hydroxylation is 2. The molecular formula is C21H24N6O2S. The van der Waals surface area contributed by atoms with Crippen molar-refractivity contribution in [2.24, 2.45) is 0 Å². The van der Waals surface area contributed by atoms with Crippen LogP contribution in [0.5, 0.6) is 0 Å². The summed E-state index contributed by atoms with van der Waals surface area (Å²) in [5, 5.41) is 15.4. The molecular weight excluding hydrogens is 400 g/mol. The number of benzene rings is 2. The molecule has 1 saturated heterocycles. The molecule has 0 radical (unpaired) electrons. The minimum absolute atomic E-state index is 0.103. The lowest BCUT2D eigenvalue weighted by molar-refractivity contribution is -0.113. The van der Waals surface area contributed by atoms with Gasteiger partial charge < -0.3 is 15.0 Å². The van der Waals surface area contributed by atoms with Crippen molar-refractivity contribution in [3.63, 3.8) is 0 Å². The van der Waals surface area contributed by atoms with Crippen LogP contribution in [-0.4, -0.2) is 58.2 Å². The molecule has 3 aromatic rings. The Kier molecular flexibility index (Phi) is 6.29. The lowest BCUT2D eigenvalue weighted by atomic mass is 10.1. The van der Waals surface area contributed by atoms with Gasteiger partial charge in [-0.2, -0.15) is 4.68 Å². The van der Waals surface area contributed by atoms with Gasteiger partial charge in [0.1, 0.15) is 0 Å². The van der Waals surface area contributed by atoms with E-state index < -0.39 is 0 Å². The number of rotatable bonds is 6. The lowest BCUT2D eigenvalue weighted by Crippen LogP contribution is -2.36. The molecule has 1 N–H and O–H groups in total. The number of hydrogen-bond acceptors (Lipinski definition) is 7. The quantitative estimate of drug-likeness (QED) is 0.609. The van der Waals surface area contributed by atoms with E-state index in [1.54, 1.807) is 4.68 Å². The second-order valence-corrected chi connectivity index (χ2v) is 8.07. The molecule has 1 aliphatic rings. The molecule has 2 heterocycles. The third-order valence-corrected chi connectivity index (χ3v) is 5.95. The minimum atomic E-state index is -0.103.